The largest absolute Gasteiger partial charge is 0.455 e. The fourth-order valence-corrected chi connectivity index (χ4v) is 7.02. The predicted molar refractivity (Wildman–Crippen MR) is 201 cm³/mol. The molecule has 0 saturated carbocycles. The van der Waals surface area contributed by atoms with E-state index in [2.05, 4.69) is 103 Å². The molecule has 0 bridgehead atoms. The van der Waals surface area contributed by atoms with Crippen LogP contribution >= 0.6 is 0 Å². The maximum absolute atomic E-state index is 6.72. The number of hydrogen-bond acceptors (Lipinski definition) is 4. The Morgan fingerprint density at radius 1 is 0.347 bits per heavy atom. The van der Waals surface area contributed by atoms with Crippen molar-refractivity contribution in [3.05, 3.63) is 164 Å². The average molecular weight is 626 g/mol. The molecule has 0 radical (unpaired) electrons. The highest BCUT2D eigenvalue weighted by Crippen LogP contribution is 2.42. The summed E-state index contributed by atoms with van der Waals surface area (Å²) < 4.78 is 6.72. The van der Waals surface area contributed by atoms with Crippen LogP contribution in [0.15, 0.2) is 168 Å². The zero-order valence-corrected chi connectivity index (χ0v) is 26.3. The first-order valence-electron chi connectivity index (χ1n) is 16.4. The highest BCUT2D eigenvalue weighted by atomic mass is 16.3. The lowest BCUT2D eigenvalue weighted by Gasteiger charge is -2.10. The quantitative estimate of drug-likeness (QED) is 0.195. The lowest BCUT2D eigenvalue weighted by atomic mass is 9.94. The second-order valence-corrected chi connectivity index (χ2v) is 12.5. The molecular weight excluding hydrogens is 599 g/mol. The van der Waals surface area contributed by atoms with E-state index in [1.165, 1.54) is 21.5 Å². The summed E-state index contributed by atoms with van der Waals surface area (Å²) in [5.74, 6) is 1.95. The van der Waals surface area contributed by atoms with Gasteiger partial charge in [0, 0.05) is 33.0 Å². The maximum Gasteiger partial charge on any atom is 0.164 e. The van der Waals surface area contributed by atoms with Crippen LogP contribution in [0.5, 0.6) is 0 Å². The van der Waals surface area contributed by atoms with Crippen molar-refractivity contribution in [1.29, 1.82) is 0 Å². The number of hydrogen-bond donors (Lipinski definition) is 0. The van der Waals surface area contributed by atoms with Gasteiger partial charge in [0.05, 0.1) is 0 Å². The van der Waals surface area contributed by atoms with Crippen LogP contribution in [0, 0.1) is 0 Å². The summed E-state index contributed by atoms with van der Waals surface area (Å²) in [5.41, 5.74) is 6.85. The van der Waals surface area contributed by atoms with Gasteiger partial charge >= 0.3 is 0 Å². The van der Waals surface area contributed by atoms with Gasteiger partial charge in [0.1, 0.15) is 11.2 Å². The summed E-state index contributed by atoms with van der Waals surface area (Å²) in [5, 5.41) is 9.30. The van der Waals surface area contributed by atoms with Crippen molar-refractivity contribution in [1.82, 2.24) is 15.0 Å². The zero-order valence-electron chi connectivity index (χ0n) is 26.3. The van der Waals surface area contributed by atoms with Gasteiger partial charge in [-0.25, -0.2) is 15.0 Å². The van der Waals surface area contributed by atoms with Crippen molar-refractivity contribution in [3.8, 4) is 45.3 Å². The van der Waals surface area contributed by atoms with Crippen LogP contribution in [0.2, 0.25) is 0 Å². The smallest absolute Gasteiger partial charge is 0.164 e. The molecule has 0 aliphatic heterocycles. The molecule has 0 aliphatic carbocycles. The van der Waals surface area contributed by atoms with Gasteiger partial charge in [0.15, 0.2) is 17.5 Å². The molecule has 10 rings (SSSR count). The van der Waals surface area contributed by atoms with Crippen molar-refractivity contribution in [2.75, 3.05) is 0 Å². The van der Waals surface area contributed by atoms with Crippen LogP contribution < -0.4 is 0 Å². The highest BCUT2D eigenvalue weighted by Gasteiger charge is 2.18. The molecule has 0 saturated heterocycles. The molecule has 4 nitrogen and oxygen atoms in total. The third kappa shape index (κ3) is 4.65. The zero-order chi connectivity index (χ0) is 32.3. The van der Waals surface area contributed by atoms with Crippen molar-refractivity contribution in [2.45, 2.75) is 0 Å². The Kier molecular flexibility index (Phi) is 6.15. The Hall–Kier alpha value is -6.65. The Morgan fingerprint density at radius 2 is 0.857 bits per heavy atom. The maximum atomic E-state index is 6.72. The molecule has 0 fully saturated rings. The van der Waals surface area contributed by atoms with Crippen molar-refractivity contribution >= 4 is 54.3 Å². The first-order chi connectivity index (χ1) is 24.2. The van der Waals surface area contributed by atoms with Crippen LogP contribution in [-0.2, 0) is 0 Å². The third-order valence-corrected chi connectivity index (χ3v) is 9.44. The minimum atomic E-state index is 0.643. The Balaban J connectivity index is 1.12. The molecule has 10 aromatic rings. The van der Waals surface area contributed by atoms with Crippen LogP contribution in [-0.4, -0.2) is 15.0 Å². The molecule has 0 aliphatic rings. The highest BCUT2D eigenvalue weighted by molar-refractivity contribution is 6.24. The topological polar surface area (TPSA) is 51.8 Å². The fourth-order valence-electron chi connectivity index (χ4n) is 7.02. The van der Waals surface area contributed by atoms with E-state index in [1.807, 2.05) is 60.7 Å². The SMILES string of the molecule is c1ccc(-c2nc(-c3ccccc3)nc(-c3ccc4cc(-c5cc6ccccc6c6c5oc5cc7ccccc7cc56)ccc4c3)n2)cc1. The van der Waals surface area contributed by atoms with E-state index >= 15 is 0 Å². The molecule has 8 aromatic carbocycles. The molecule has 0 amide bonds. The van der Waals surface area contributed by atoms with Gasteiger partial charge in [0.2, 0.25) is 0 Å². The second kappa shape index (κ2) is 11.0. The first kappa shape index (κ1) is 27.5. The van der Waals surface area contributed by atoms with Gasteiger partial charge in [-0.2, -0.15) is 0 Å². The lowest BCUT2D eigenvalue weighted by molar-refractivity contribution is 0.671. The van der Waals surface area contributed by atoms with Crippen LogP contribution in [0.4, 0.5) is 0 Å². The van der Waals surface area contributed by atoms with Crippen molar-refractivity contribution < 1.29 is 4.42 Å². The third-order valence-electron chi connectivity index (χ3n) is 9.44. The molecule has 228 valence electrons. The van der Waals surface area contributed by atoms with E-state index in [4.69, 9.17) is 19.4 Å². The summed E-state index contributed by atoms with van der Waals surface area (Å²) in [7, 11) is 0. The van der Waals surface area contributed by atoms with Gasteiger partial charge in [-0.05, 0) is 68.2 Å². The van der Waals surface area contributed by atoms with Gasteiger partial charge in [-0.1, -0.05) is 133 Å². The molecular formula is C45H27N3O. The van der Waals surface area contributed by atoms with Crippen LogP contribution in [0.3, 0.4) is 0 Å². The van der Waals surface area contributed by atoms with E-state index in [-0.39, 0.29) is 0 Å². The lowest BCUT2D eigenvalue weighted by Crippen LogP contribution is -2.00. The number of benzene rings is 8. The molecule has 2 aromatic heterocycles. The van der Waals surface area contributed by atoms with Crippen molar-refractivity contribution in [2.24, 2.45) is 0 Å². The van der Waals surface area contributed by atoms with Gasteiger partial charge < -0.3 is 4.42 Å². The monoisotopic (exact) mass is 625 g/mol. The Bertz CT molecular complexity index is 2820. The van der Waals surface area contributed by atoms with Gasteiger partial charge in [-0.3, -0.25) is 0 Å². The second-order valence-electron chi connectivity index (χ2n) is 12.5. The minimum Gasteiger partial charge on any atom is -0.455 e. The normalized spacial score (nSPS) is 11.7. The Morgan fingerprint density at radius 3 is 1.53 bits per heavy atom. The van der Waals surface area contributed by atoms with Crippen LogP contribution in [0.1, 0.15) is 0 Å². The number of nitrogens with zero attached hydrogens (tertiary/aromatic N) is 3. The average Bonchev–Trinajstić information content (AvgIpc) is 3.55. The van der Waals surface area contributed by atoms with E-state index in [0.29, 0.717) is 17.5 Å². The number of aromatic nitrogens is 3. The molecule has 0 unspecified atom stereocenters. The Labute approximate surface area is 282 Å². The van der Waals surface area contributed by atoms with Gasteiger partial charge in [0.25, 0.3) is 0 Å². The molecule has 2 heterocycles. The molecule has 4 heteroatoms. The first-order valence-corrected chi connectivity index (χ1v) is 16.4. The summed E-state index contributed by atoms with van der Waals surface area (Å²) in [4.78, 5) is 14.7. The standard InChI is InChI=1S/C45H27N3O/c1-3-11-28(12-4-1)43-46-44(29-13-5-2-6-14-29)48-45(47-43)36-22-20-32-23-35(21-19-33(32)24-36)38-26-34-17-9-10-18-37(34)41-39-25-30-15-7-8-16-31(30)27-40(39)49-42(38)41/h1-27H. The number of rotatable bonds is 4. The number of furan rings is 1. The minimum absolute atomic E-state index is 0.643. The van der Waals surface area contributed by atoms with E-state index in [9.17, 15) is 0 Å². The summed E-state index contributed by atoms with van der Waals surface area (Å²) >= 11 is 0. The van der Waals surface area contributed by atoms with Gasteiger partial charge in [-0.15, -0.1) is 0 Å². The van der Waals surface area contributed by atoms with Crippen LogP contribution in [0.25, 0.3) is 99.5 Å². The van der Waals surface area contributed by atoms with E-state index in [0.717, 1.165) is 60.5 Å². The summed E-state index contributed by atoms with van der Waals surface area (Å²) in [6.45, 7) is 0. The number of fused-ring (bicyclic) bond motifs is 7. The summed E-state index contributed by atoms with van der Waals surface area (Å²) in [6.07, 6.45) is 0. The molecule has 0 N–H and O–H groups in total. The van der Waals surface area contributed by atoms with E-state index < -0.39 is 0 Å². The molecule has 0 atom stereocenters. The van der Waals surface area contributed by atoms with Crippen molar-refractivity contribution in [3.63, 3.8) is 0 Å². The summed E-state index contributed by atoms with van der Waals surface area (Å²) in [6, 6.07) is 57.0. The van der Waals surface area contributed by atoms with E-state index in [1.54, 1.807) is 0 Å². The predicted octanol–water partition coefficient (Wildman–Crippen LogP) is 11.9. The molecule has 49 heavy (non-hydrogen) atoms. The molecule has 0 spiro atoms. The fraction of sp³-hybridized carbons (Fsp3) is 0.